The van der Waals surface area contributed by atoms with E-state index in [0.29, 0.717) is 12.6 Å². The van der Waals surface area contributed by atoms with Crippen LogP contribution in [0.25, 0.3) is 0 Å². The highest BCUT2D eigenvalue weighted by atomic mass is 19.1. The molecule has 0 saturated carbocycles. The van der Waals surface area contributed by atoms with Crippen molar-refractivity contribution in [3.05, 3.63) is 0 Å². The first-order valence-electron chi connectivity index (χ1n) is 5.49. The first-order valence-corrected chi connectivity index (χ1v) is 5.49. The van der Waals surface area contributed by atoms with Crippen LogP contribution in [0.1, 0.15) is 19.3 Å². The van der Waals surface area contributed by atoms with Crippen molar-refractivity contribution >= 4 is 0 Å². The molecule has 0 aliphatic carbocycles. The Morgan fingerprint density at radius 3 is 2.57 bits per heavy atom. The van der Waals surface area contributed by atoms with Crippen molar-refractivity contribution in [1.82, 2.24) is 4.90 Å². The Bertz CT molecular complexity index is 185. The molecular weight excluding hydrogens is 183 g/mol. The topological polar surface area (TPSA) is 38.5 Å². The van der Waals surface area contributed by atoms with Gasteiger partial charge in [-0.3, -0.25) is 4.90 Å². The minimum Gasteiger partial charge on any atom is -0.381 e. The standard InChI is InChI=1S/C10H19FN2O/c11-9-7-13(4-1-10(9)12)8-2-5-14-6-3-8/h8-10H,1-7,12H2/t9-,10?/m1/s1. The van der Waals surface area contributed by atoms with Gasteiger partial charge in [-0.15, -0.1) is 0 Å². The largest absolute Gasteiger partial charge is 0.381 e. The SMILES string of the molecule is NC1CCN(C2CCOCC2)C[C@H]1F. The molecular formula is C10H19FN2O. The Hall–Kier alpha value is -0.190. The van der Waals surface area contributed by atoms with Crippen LogP contribution in [0.15, 0.2) is 0 Å². The molecule has 2 rings (SSSR count). The molecule has 0 bridgehead atoms. The van der Waals surface area contributed by atoms with E-state index in [1.54, 1.807) is 0 Å². The van der Waals surface area contributed by atoms with E-state index in [9.17, 15) is 4.39 Å². The Balaban J connectivity index is 1.85. The van der Waals surface area contributed by atoms with Crippen molar-refractivity contribution < 1.29 is 9.13 Å². The fraction of sp³-hybridized carbons (Fsp3) is 1.00. The van der Waals surface area contributed by atoms with Crippen molar-refractivity contribution in [3.8, 4) is 0 Å². The summed E-state index contributed by atoms with van der Waals surface area (Å²) in [7, 11) is 0. The van der Waals surface area contributed by atoms with Gasteiger partial charge in [-0.1, -0.05) is 0 Å². The summed E-state index contributed by atoms with van der Waals surface area (Å²) in [6.07, 6.45) is 2.04. The molecule has 0 amide bonds. The molecule has 82 valence electrons. The lowest BCUT2D eigenvalue weighted by Gasteiger charge is -2.39. The van der Waals surface area contributed by atoms with Crippen molar-refractivity contribution in [2.45, 2.75) is 37.5 Å². The van der Waals surface area contributed by atoms with E-state index < -0.39 is 6.17 Å². The van der Waals surface area contributed by atoms with Crippen LogP contribution < -0.4 is 5.73 Å². The van der Waals surface area contributed by atoms with E-state index in [4.69, 9.17) is 10.5 Å². The predicted octanol–water partition coefficient (Wildman–Crippen LogP) is 0.536. The number of likely N-dealkylation sites (tertiary alicyclic amines) is 1. The van der Waals surface area contributed by atoms with Crippen LogP contribution in [-0.2, 0) is 4.74 Å². The maximum atomic E-state index is 13.4. The van der Waals surface area contributed by atoms with Gasteiger partial charge in [0.05, 0.1) is 0 Å². The van der Waals surface area contributed by atoms with Crippen LogP contribution in [0.2, 0.25) is 0 Å². The molecule has 0 aromatic carbocycles. The minimum absolute atomic E-state index is 0.244. The van der Waals surface area contributed by atoms with Gasteiger partial charge in [0.15, 0.2) is 0 Å². The molecule has 0 aromatic rings. The number of ether oxygens (including phenoxy) is 1. The summed E-state index contributed by atoms with van der Waals surface area (Å²) >= 11 is 0. The Morgan fingerprint density at radius 1 is 1.21 bits per heavy atom. The van der Waals surface area contributed by atoms with Gasteiger partial charge in [-0.25, -0.2) is 4.39 Å². The lowest BCUT2D eigenvalue weighted by molar-refractivity contribution is 0.00859. The molecule has 2 aliphatic rings. The highest BCUT2D eigenvalue weighted by Crippen LogP contribution is 2.20. The fourth-order valence-corrected chi connectivity index (χ4v) is 2.33. The van der Waals surface area contributed by atoms with E-state index in [0.717, 1.165) is 39.0 Å². The number of hydrogen-bond acceptors (Lipinski definition) is 3. The maximum absolute atomic E-state index is 13.4. The van der Waals surface area contributed by atoms with Gasteiger partial charge in [0, 0.05) is 38.4 Å². The smallest absolute Gasteiger partial charge is 0.128 e. The highest BCUT2D eigenvalue weighted by Gasteiger charge is 2.31. The molecule has 2 aliphatic heterocycles. The number of halogens is 1. The average molecular weight is 202 g/mol. The number of alkyl halides is 1. The number of piperidine rings is 1. The Labute approximate surface area is 84.4 Å². The summed E-state index contributed by atoms with van der Waals surface area (Å²) in [6, 6.07) is 0.278. The molecule has 2 fully saturated rings. The van der Waals surface area contributed by atoms with E-state index in [1.165, 1.54) is 0 Å². The summed E-state index contributed by atoms with van der Waals surface area (Å²) in [5.41, 5.74) is 5.64. The van der Waals surface area contributed by atoms with E-state index >= 15 is 0 Å². The van der Waals surface area contributed by atoms with Gasteiger partial charge in [0.2, 0.25) is 0 Å². The van der Waals surface area contributed by atoms with Crippen LogP contribution in [0.4, 0.5) is 4.39 Å². The summed E-state index contributed by atoms with van der Waals surface area (Å²) in [5.74, 6) is 0. The van der Waals surface area contributed by atoms with Gasteiger partial charge >= 0.3 is 0 Å². The molecule has 3 nitrogen and oxygen atoms in total. The molecule has 0 radical (unpaired) electrons. The quantitative estimate of drug-likeness (QED) is 0.674. The zero-order valence-corrected chi connectivity index (χ0v) is 8.49. The third-order valence-electron chi connectivity index (χ3n) is 3.33. The fourth-order valence-electron chi connectivity index (χ4n) is 2.33. The molecule has 2 heterocycles. The third kappa shape index (κ3) is 2.24. The molecule has 2 atom stereocenters. The van der Waals surface area contributed by atoms with E-state index in [2.05, 4.69) is 4.90 Å². The molecule has 0 spiro atoms. The number of hydrogen-bond donors (Lipinski definition) is 1. The van der Waals surface area contributed by atoms with Gasteiger partial charge < -0.3 is 10.5 Å². The second kappa shape index (κ2) is 4.55. The van der Waals surface area contributed by atoms with Crippen LogP contribution in [-0.4, -0.2) is 49.5 Å². The zero-order chi connectivity index (χ0) is 9.97. The Kier molecular flexibility index (Phi) is 3.36. The second-order valence-electron chi connectivity index (χ2n) is 4.31. The van der Waals surface area contributed by atoms with E-state index in [1.807, 2.05) is 0 Å². The normalized spacial score (nSPS) is 37.3. The summed E-state index contributed by atoms with van der Waals surface area (Å²) in [4.78, 5) is 2.25. The second-order valence-corrected chi connectivity index (χ2v) is 4.31. The lowest BCUT2D eigenvalue weighted by atomic mass is 9.99. The minimum atomic E-state index is -0.841. The molecule has 1 unspecified atom stereocenters. The summed E-state index contributed by atoms with van der Waals surface area (Å²) < 4.78 is 18.7. The van der Waals surface area contributed by atoms with Crippen molar-refractivity contribution in [1.29, 1.82) is 0 Å². The first-order chi connectivity index (χ1) is 6.77. The molecule has 2 saturated heterocycles. The van der Waals surface area contributed by atoms with Crippen LogP contribution >= 0.6 is 0 Å². The van der Waals surface area contributed by atoms with E-state index in [-0.39, 0.29) is 6.04 Å². The monoisotopic (exact) mass is 202 g/mol. The molecule has 2 N–H and O–H groups in total. The zero-order valence-electron chi connectivity index (χ0n) is 8.49. The summed E-state index contributed by atoms with van der Waals surface area (Å²) in [5, 5.41) is 0. The van der Waals surface area contributed by atoms with Gasteiger partial charge in [-0.05, 0) is 19.3 Å². The third-order valence-corrected chi connectivity index (χ3v) is 3.33. The average Bonchev–Trinajstić information content (AvgIpc) is 2.23. The first kappa shape index (κ1) is 10.3. The van der Waals surface area contributed by atoms with Crippen molar-refractivity contribution in [2.75, 3.05) is 26.3 Å². The van der Waals surface area contributed by atoms with Crippen LogP contribution in [0, 0.1) is 0 Å². The van der Waals surface area contributed by atoms with Crippen molar-refractivity contribution in [3.63, 3.8) is 0 Å². The number of nitrogens with two attached hydrogens (primary N) is 1. The predicted molar refractivity (Wildman–Crippen MR) is 52.9 cm³/mol. The molecule has 0 aromatic heterocycles. The molecule has 4 heteroatoms. The summed E-state index contributed by atoms with van der Waals surface area (Å²) in [6.45, 7) is 3.12. The maximum Gasteiger partial charge on any atom is 0.128 e. The lowest BCUT2D eigenvalue weighted by Crippen LogP contribution is -2.52. The highest BCUT2D eigenvalue weighted by molar-refractivity contribution is 4.86. The van der Waals surface area contributed by atoms with Crippen LogP contribution in [0.5, 0.6) is 0 Å². The van der Waals surface area contributed by atoms with Gasteiger partial charge in [0.1, 0.15) is 6.17 Å². The van der Waals surface area contributed by atoms with Crippen LogP contribution in [0.3, 0.4) is 0 Å². The number of rotatable bonds is 1. The van der Waals surface area contributed by atoms with Gasteiger partial charge in [-0.2, -0.15) is 0 Å². The Morgan fingerprint density at radius 2 is 1.93 bits per heavy atom. The van der Waals surface area contributed by atoms with Gasteiger partial charge in [0.25, 0.3) is 0 Å². The number of nitrogens with zero attached hydrogens (tertiary/aromatic N) is 1. The molecule has 14 heavy (non-hydrogen) atoms. The van der Waals surface area contributed by atoms with Crippen molar-refractivity contribution in [2.24, 2.45) is 5.73 Å².